The summed E-state index contributed by atoms with van der Waals surface area (Å²) in [5.74, 6) is 0. The summed E-state index contributed by atoms with van der Waals surface area (Å²) in [7, 11) is 4.07. The van der Waals surface area contributed by atoms with Crippen molar-refractivity contribution in [2.24, 2.45) is 5.10 Å². The Labute approximate surface area is 114 Å². The molecule has 0 amide bonds. The number of rotatable bonds is 3. The van der Waals surface area contributed by atoms with Crippen LogP contribution in [-0.4, -0.2) is 20.3 Å². The molecule has 0 unspecified atom stereocenters. The van der Waals surface area contributed by atoms with Crippen LogP contribution in [0.5, 0.6) is 0 Å². The average Bonchev–Trinajstić information content (AvgIpc) is 2.40. The number of aryl methyl sites for hydroxylation is 2. The standard InChI is InChI=1S/C16H20N3/c1-13-5-6-14(2)19(12-13)17-11-15-7-9-16(10-8-15)18(3)4/h5-12H,1-4H3/q+1/b17-11+. The lowest BCUT2D eigenvalue weighted by molar-refractivity contribution is -0.684. The third-order valence-corrected chi connectivity index (χ3v) is 3.02. The molecule has 3 heteroatoms. The molecule has 0 aliphatic rings. The highest BCUT2D eigenvalue weighted by Gasteiger charge is 2.04. The molecule has 0 radical (unpaired) electrons. The Kier molecular flexibility index (Phi) is 3.95. The number of aromatic nitrogens is 1. The van der Waals surface area contributed by atoms with E-state index in [0.29, 0.717) is 0 Å². The molecule has 2 rings (SSSR count). The van der Waals surface area contributed by atoms with Crippen molar-refractivity contribution in [1.29, 1.82) is 0 Å². The molecule has 19 heavy (non-hydrogen) atoms. The Bertz CT molecular complexity index is 583. The Morgan fingerprint density at radius 3 is 2.32 bits per heavy atom. The van der Waals surface area contributed by atoms with Gasteiger partial charge in [0.25, 0.3) is 0 Å². The molecular weight excluding hydrogens is 234 g/mol. The molecule has 1 heterocycles. The first-order valence-corrected chi connectivity index (χ1v) is 6.37. The van der Waals surface area contributed by atoms with Gasteiger partial charge in [0.1, 0.15) is 6.21 Å². The summed E-state index contributed by atoms with van der Waals surface area (Å²) in [6.45, 7) is 4.11. The molecule has 98 valence electrons. The van der Waals surface area contributed by atoms with Crippen LogP contribution in [0, 0.1) is 13.8 Å². The second-order valence-corrected chi connectivity index (χ2v) is 4.92. The summed E-state index contributed by atoms with van der Waals surface area (Å²) < 4.78 is 1.90. The zero-order chi connectivity index (χ0) is 13.8. The molecule has 0 aliphatic heterocycles. The van der Waals surface area contributed by atoms with E-state index in [1.165, 1.54) is 11.3 Å². The van der Waals surface area contributed by atoms with Crippen LogP contribution in [-0.2, 0) is 0 Å². The van der Waals surface area contributed by atoms with Gasteiger partial charge in [-0.15, -0.1) is 0 Å². The molecule has 0 aliphatic carbocycles. The fraction of sp³-hybridized carbons (Fsp3) is 0.250. The second-order valence-electron chi connectivity index (χ2n) is 4.92. The van der Waals surface area contributed by atoms with E-state index in [-0.39, 0.29) is 0 Å². The highest BCUT2D eigenvalue weighted by atomic mass is 15.3. The van der Waals surface area contributed by atoms with E-state index >= 15 is 0 Å². The number of hydrogen-bond donors (Lipinski definition) is 0. The number of pyridine rings is 1. The van der Waals surface area contributed by atoms with Crippen LogP contribution in [0.3, 0.4) is 0 Å². The van der Waals surface area contributed by atoms with Crippen LogP contribution in [0.25, 0.3) is 0 Å². The van der Waals surface area contributed by atoms with Gasteiger partial charge in [-0.05, 0) is 35.8 Å². The van der Waals surface area contributed by atoms with E-state index in [4.69, 9.17) is 0 Å². The Morgan fingerprint density at radius 2 is 1.68 bits per heavy atom. The lowest BCUT2D eigenvalue weighted by atomic mass is 10.2. The third kappa shape index (κ3) is 3.41. The van der Waals surface area contributed by atoms with Crippen molar-refractivity contribution in [2.45, 2.75) is 13.8 Å². The molecule has 0 saturated heterocycles. The molecule has 1 aromatic heterocycles. The smallest absolute Gasteiger partial charge is 0.211 e. The average molecular weight is 254 g/mol. The summed E-state index contributed by atoms with van der Waals surface area (Å²) >= 11 is 0. The number of benzene rings is 1. The Hall–Kier alpha value is -2.16. The van der Waals surface area contributed by atoms with Gasteiger partial charge >= 0.3 is 0 Å². The van der Waals surface area contributed by atoms with Gasteiger partial charge in [0.05, 0.1) is 0 Å². The fourth-order valence-electron chi connectivity index (χ4n) is 1.78. The minimum Gasteiger partial charge on any atom is -0.378 e. The van der Waals surface area contributed by atoms with E-state index in [1.54, 1.807) is 0 Å². The van der Waals surface area contributed by atoms with Gasteiger partial charge in [-0.1, -0.05) is 16.8 Å². The van der Waals surface area contributed by atoms with Crippen LogP contribution >= 0.6 is 0 Å². The Morgan fingerprint density at radius 1 is 1.00 bits per heavy atom. The zero-order valence-corrected chi connectivity index (χ0v) is 12.0. The van der Waals surface area contributed by atoms with Crippen LogP contribution in [0.15, 0.2) is 47.7 Å². The maximum atomic E-state index is 4.49. The molecule has 0 spiro atoms. The lowest BCUT2D eigenvalue weighted by Crippen LogP contribution is -2.31. The van der Waals surface area contributed by atoms with Gasteiger partial charge in [-0.25, -0.2) is 0 Å². The highest BCUT2D eigenvalue weighted by Crippen LogP contribution is 2.10. The minimum atomic E-state index is 1.10. The Balaban J connectivity index is 2.20. The van der Waals surface area contributed by atoms with E-state index < -0.39 is 0 Å². The molecule has 3 nitrogen and oxygen atoms in total. The molecule has 0 fully saturated rings. The first-order chi connectivity index (χ1) is 9.06. The van der Waals surface area contributed by atoms with Gasteiger partial charge in [0, 0.05) is 38.3 Å². The summed E-state index contributed by atoms with van der Waals surface area (Å²) in [6.07, 6.45) is 3.91. The second kappa shape index (κ2) is 5.65. The largest absolute Gasteiger partial charge is 0.378 e. The minimum absolute atomic E-state index is 1.10. The molecule has 0 atom stereocenters. The van der Waals surface area contributed by atoms with E-state index in [9.17, 15) is 0 Å². The zero-order valence-electron chi connectivity index (χ0n) is 12.0. The van der Waals surface area contributed by atoms with Gasteiger partial charge < -0.3 is 4.90 Å². The predicted molar refractivity (Wildman–Crippen MR) is 79.9 cm³/mol. The number of hydrogen-bond acceptors (Lipinski definition) is 2. The van der Waals surface area contributed by atoms with Crippen LogP contribution in [0.2, 0.25) is 0 Å². The maximum absolute atomic E-state index is 4.49. The van der Waals surface area contributed by atoms with Crippen molar-refractivity contribution in [3.63, 3.8) is 0 Å². The molecule has 0 saturated carbocycles. The van der Waals surface area contributed by atoms with E-state index in [1.807, 2.05) is 38.1 Å². The fourth-order valence-corrected chi connectivity index (χ4v) is 1.78. The summed E-state index contributed by atoms with van der Waals surface area (Å²) in [6, 6.07) is 12.5. The van der Waals surface area contributed by atoms with Crippen molar-refractivity contribution in [2.75, 3.05) is 19.0 Å². The number of nitrogens with zero attached hydrogens (tertiary/aromatic N) is 3. The first kappa shape index (κ1) is 13.3. The van der Waals surface area contributed by atoms with Crippen molar-refractivity contribution in [3.8, 4) is 0 Å². The molecule has 0 N–H and O–H groups in total. The summed E-state index contributed by atoms with van der Waals surface area (Å²) in [5, 5.41) is 4.49. The normalized spacial score (nSPS) is 10.9. The molecule has 1 aromatic carbocycles. The SMILES string of the molecule is Cc1ccc(C)[n+](/N=C/c2ccc(N(C)C)cc2)c1. The maximum Gasteiger partial charge on any atom is 0.211 e. The van der Waals surface area contributed by atoms with Crippen LogP contribution < -0.4 is 9.58 Å². The van der Waals surface area contributed by atoms with Crippen LogP contribution in [0.1, 0.15) is 16.8 Å². The van der Waals surface area contributed by atoms with Gasteiger partial charge in [0.15, 0.2) is 0 Å². The van der Waals surface area contributed by atoms with E-state index in [0.717, 1.165) is 11.3 Å². The topological polar surface area (TPSA) is 19.5 Å². The predicted octanol–water partition coefficient (Wildman–Crippen LogP) is 2.54. The monoisotopic (exact) mass is 254 g/mol. The highest BCUT2D eigenvalue weighted by molar-refractivity contribution is 5.79. The first-order valence-electron chi connectivity index (χ1n) is 6.37. The molecular formula is C16H20N3+. The van der Waals surface area contributed by atoms with Crippen LogP contribution in [0.4, 0.5) is 5.69 Å². The summed E-state index contributed by atoms with van der Waals surface area (Å²) in [4.78, 5) is 2.08. The quantitative estimate of drug-likeness (QED) is 0.608. The number of anilines is 1. The van der Waals surface area contributed by atoms with Crippen molar-refractivity contribution < 1.29 is 4.68 Å². The van der Waals surface area contributed by atoms with Gasteiger partial charge in [0.2, 0.25) is 11.9 Å². The van der Waals surface area contributed by atoms with Gasteiger partial charge in [-0.3, -0.25) is 0 Å². The molecule has 2 aromatic rings. The van der Waals surface area contributed by atoms with Crippen molar-refractivity contribution in [1.82, 2.24) is 0 Å². The summed E-state index contributed by atoms with van der Waals surface area (Å²) in [5.41, 5.74) is 4.60. The van der Waals surface area contributed by atoms with Gasteiger partial charge in [-0.2, -0.15) is 0 Å². The van der Waals surface area contributed by atoms with E-state index in [2.05, 4.69) is 53.3 Å². The van der Waals surface area contributed by atoms with Crippen molar-refractivity contribution in [3.05, 3.63) is 59.4 Å². The lowest BCUT2D eigenvalue weighted by Gasteiger charge is -2.11. The van der Waals surface area contributed by atoms with Crippen molar-refractivity contribution >= 4 is 11.9 Å². The third-order valence-electron chi connectivity index (χ3n) is 3.02. The molecule has 0 bridgehead atoms.